The minimum absolute atomic E-state index is 0.00472. The summed E-state index contributed by atoms with van der Waals surface area (Å²) in [6.07, 6.45) is -0.387. The van der Waals surface area contributed by atoms with Crippen molar-refractivity contribution in [2.75, 3.05) is 5.32 Å². The topological polar surface area (TPSA) is 80.6 Å². The van der Waals surface area contributed by atoms with Gasteiger partial charge in [-0.15, -0.1) is 0 Å². The van der Waals surface area contributed by atoms with Crippen LogP contribution in [-0.4, -0.2) is 33.8 Å². The maximum absolute atomic E-state index is 14.1. The molecule has 0 radical (unpaired) electrons. The number of esters is 1. The summed E-state index contributed by atoms with van der Waals surface area (Å²) in [7, 11) is 0. The first-order valence-electron chi connectivity index (χ1n) is 13.5. The molecular weight excluding hydrogens is 507 g/mol. The molecule has 1 aliphatic rings. The Morgan fingerprint density at radius 3 is 2.50 bits per heavy atom. The zero-order valence-corrected chi connectivity index (χ0v) is 22.5. The number of anilines is 1. The van der Waals surface area contributed by atoms with E-state index in [0.29, 0.717) is 30.6 Å². The van der Waals surface area contributed by atoms with Gasteiger partial charge in [0, 0.05) is 36.7 Å². The molecule has 5 rings (SSSR count). The Morgan fingerprint density at radius 1 is 1.10 bits per heavy atom. The van der Waals surface area contributed by atoms with Crippen LogP contribution in [0, 0.1) is 17.9 Å². The van der Waals surface area contributed by atoms with Gasteiger partial charge in [-0.2, -0.15) is 0 Å². The molecule has 0 bridgehead atoms. The van der Waals surface area contributed by atoms with Crippen molar-refractivity contribution >= 4 is 17.6 Å². The summed E-state index contributed by atoms with van der Waals surface area (Å²) in [5.74, 6) is -1.11. The summed E-state index contributed by atoms with van der Waals surface area (Å²) >= 11 is 0. The van der Waals surface area contributed by atoms with Crippen LogP contribution in [0.2, 0.25) is 0 Å². The average molecular weight is 539 g/mol. The Balaban J connectivity index is 1.71. The van der Waals surface area contributed by atoms with Crippen molar-refractivity contribution in [3.8, 4) is 22.4 Å². The lowest BCUT2D eigenvalue weighted by molar-refractivity contribution is -0.160. The zero-order valence-electron chi connectivity index (χ0n) is 22.5. The van der Waals surface area contributed by atoms with E-state index in [-0.39, 0.29) is 24.1 Å². The van der Waals surface area contributed by atoms with Crippen molar-refractivity contribution in [2.45, 2.75) is 57.8 Å². The lowest BCUT2D eigenvalue weighted by Gasteiger charge is -2.27. The van der Waals surface area contributed by atoms with Crippen LogP contribution in [0.5, 0.6) is 0 Å². The Hall–Kier alpha value is -4.41. The standard InChI is InChI=1S/C33H31FN2O4/c1-21(2)31-30(33(39)35-25-11-7-4-8-12-25)29(22-9-5-3-6-10-22)32(23-13-15-24(34)16-14-23)36(31)18-17-27-19-26(37)20-28(38)40-27/h3,5-7,9-16,21,26-27,37H,17-20H2,1-2H3,(H,35,39). The Bertz CT molecular complexity index is 1480. The molecule has 1 saturated heterocycles. The molecule has 0 spiro atoms. The highest BCUT2D eigenvalue weighted by Crippen LogP contribution is 2.42. The molecule has 0 aliphatic carbocycles. The van der Waals surface area contributed by atoms with Crippen LogP contribution in [0.15, 0.2) is 72.8 Å². The molecule has 2 atom stereocenters. The van der Waals surface area contributed by atoms with E-state index < -0.39 is 18.2 Å². The highest BCUT2D eigenvalue weighted by atomic mass is 19.1. The number of aliphatic hydroxyl groups is 1. The molecule has 2 unspecified atom stereocenters. The quantitative estimate of drug-likeness (QED) is 0.255. The number of hydrogen-bond donors (Lipinski definition) is 2. The normalized spacial score (nSPS) is 16.9. The van der Waals surface area contributed by atoms with Gasteiger partial charge in [-0.05, 0) is 53.4 Å². The van der Waals surface area contributed by atoms with Gasteiger partial charge in [0.1, 0.15) is 11.9 Å². The van der Waals surface area contributed by atoms with Crippen molar-refractivity contribution in [2.24, 2.45) is 0 Å². The molecule has 2 heterocycles. The molecule has 1 amide bonds. The number of nitrogens with zero attached hydrogens (tertiary/aromatic N) is 1. The number of hydrogen-bond acceptors (Lipinski definition) is 4. The van der Waals surface area contributed by atoms with E-state index in [9.17, 15) is 19.1 Å². The fourth-order valence-electron chi connectivity index (χ4n) is 5.42. The summed E-state index contributed by atoms with van der Waals surface area (Å²) in [5, 5.41) is 13.2. The molecule has 3 aromatic carbocycles. The number of rotatable bonds is 8. The SMILES string of the molecule is CC(C)c1c(C(=O)Nc2cc#ccc2)c(-c2ccccc2)c(-c2ccc(F)cc2)n1CCC1CC(O)CC(=O)O1. The predicted octanol–water partition coefficient (Wildman–Crippen LogP) is 6.39. The molecule has 0 saturated carbocycles. The van der Waals surface area contributed by atoms with Crippen molar-refractivity contribution in [3.05, 3.63) is 102 Å². The molecule has 4 aromatic rings. The number of cyclic esters (lactones) is 1. The van der Waals surface area contributed by atoms with Gasteiger partial charge in [-0.25, -0.2) is 4.39 Å². The first-order chi connectivity index (χ1) is 19.3. The molecule has 6 nitrogen and oxygen atoms in total. The van der Waals surface area contributed by atoms with Crippen LogP contribution in [0.1, 0.15) is 55.1 Å². The van der Waals surface area contributed by atoms with Crippen molar-refractivity contribution in [1.29, 1.82) is 0 Å². The van der Waals surface area contributed by atoms with Crippen molar-refractivity contribution < 1.29 is 23.8 Å². The third-order valence-corrected chi connectivity index (χ3v) is 7.08. The van der Waals surface area contributed by atoms with Crippen LogP contribution in [-0.2, 0) is 16.1 Å². The lowest BCUT2D eigenvalue weighted by Crippen LogP contribution is -2.33. The van der Waals surface area contributed by atoms with E-state index in [1.807, 2.05) is 44.2 Å². The maximum atomic E-state index is 14.1. The summed E-state index contributed by atoms with van der Waals surface area (Å²) in [4.78, 5) is 26.1. The number of aliphatic hydroxyl groups excluding tert-OH is 1. The van der Waals surface area contributed by atoms with Gasteiger partial charge in [0.2, 0.25) is 0 Å². The second-order valence-corrected chi connectivity index (χ2v) is 10.3. The van der Waals surface area contributed by atoms with Crippen LogP contribution in [0.25, 0.3) is 22.4 Å². The van der Waals surface area contributed by atoms with Gasteiger partial charge >= 0.3 is 5.97 Å². The van der Waals surface area contributed by atoms with E-state index in [0.717, 1.165) is 28.1 Å². The molecular formula is C33H31FN2O4. The molecule has 40 heavy (non-hydrogen) atoms. The number of nitrogens with one attached hydrogen (secondary N) is 1. The van der Waals surface area contributed by atoms with E-state index in [1.54, 1.807) is 30.3 Å². The Morgan fingerprint density at radius 2 is 1.85 bits per heavy atom. The van der Waals surface area contributed by atoms with Crippen LogP contribution >= 0.6 is 0 Å². The zero-order chi connectivity index (χ0) is 28.2. The van der Waals surface area contributed by atoms with Crippen molar-refractivity contribution in [3.63, 3.8) is 0 Å². The van der Waals surface area contributed by atoms with Gasteiger partial charge in [0.05, 0.1) is 29.5 Å². The number of carbonyl (C=O) groups is 2. The minimum atomic E-state index is -0.738. The molecule has 2 N–H and O–H groups in total. The first-order valence-corrected chi connectivity index (χ1v) is 13.5. The number of carbonyl (C=O) groups excluding carboxylic acids is 2. The number of aromatic nitrogens is 1. The van der Waals surface area contributed by atoms with Gasteiger partial charge in [0.15, 0.2) is 0 Å². The van der Waals surface area contributed by atoms with Gasteiger partial charge in [-0.3, -0.25) is 9.59 Å². The average Bonchev–Trinajstić information content (AvgIpc) is 3.28. The second kappa shape index (κ2) is 11.8. The first kappa shape index (κ1) is 27.2. The second-order valence-electron chi connectivity index (χ2n) is 10.3. The fraction of sp³-hybridized carbons (Fsp3) is 0.273. The Kier molecular flexibility index (Phi) is 7.99. The van der Waals surface area contributed by atoms with E-state index in [1.165, 1.54) is 12.1 Å². The third-order valence-electron chi connectivity index (χ3n) is 7.08. The third kappa shape index (κ3) is 5.78. The van der Waals surface area contributed by atoms with Gasteiger partial charge in [-0.1, -0.05) is 56.3 Å². The monoisotopic (exact) mass is 538 g/mol. The highest BCUT2D eigenvalue weighted by Gasteiger charge is 2.32. The lowest BCUT2D eigenvalue weighted by atomic mass is 9.94. The smallest absolute Gasteiger partial charge is 0.308 e. The number of benzene rings is 2. The van der Waals surface area contributed by atoms with Gasteiger partial charge in [0.25, 0.3) is 5.91 Å². The number of ether oxygens (including phenoxy) is 1. The molecule has 1 fully saturated rings. The highest BCUT2D eigenvalue weighted by molar-refractivity contribution is 6.12. The molecule has 1 aromatic heterocycles. The molecule has 204 valence electrons. The maximum Gasteiger partial charge on any atom is 0.308 e. The summed E-state index contributed by atoms with van der Waals surface area (Å²) in [5.41, 5.74) is 5.04. The number of halogens is 1. The van der Waals surface area contributed by atoms with E-state index in [2.05, 4.69) is 22.0 Å². The fourth-order valence-corrected chi connectivity index (χ4v) is 5.42. The van der Waals surface area contributed by atoms with Crippen LogP contribution in [0.4, 0.5) is 10.1 Å². The summed E-state index contributed by atoms with van der Waals surface area (Å²) in [6.45, 7) is 4.48. The molecule has 1 aliphatic heterocycles. The minimum Gasteiger partial charge on any atom is -0.462 e. The Labute approximate surface area is 233 Å². The van der Waals surface area contributed by atoms with Crippen molar-refractivity contribution in [1.82, 2.24) is 4.57 Å². The molecule has 7 heteroatoms. The van der Waals surface area contributed by atoms with Crippen LogP contribution in [0.3, 0.4) is 0 Å². The summed E-state index contributed by atoms with van der Waals surface area (Å²) < 4.78 is 21.7. The van der Waals surface area contributed by atoms with E-state index >= 15 is 0 Å². The van der Waals surface area contributed by atoms with E-state index in [4.69, 9.17) is 4.74 Å². The summed E-state index contributed by atoms with van der Waals surface area (Å²) in [6, 6.07) is 26.7. The van der Waals surface area contributed by atoms with Gasteiger partial charge < -0.3 is 19.7 Å². The van der Waals surface area contributed by atoms with Crippen LogP contribution < -0.4 is 5.32 Å². The largest absolute Gasteiger partial charge is 0.462 e. The number of amides is 1. The predicted molar refractivity (Wildman–Crippen MR) is 151 cm³/mol.